The molecule has 2 heteroatoms. The summed E-state index contributed by atoms with van der Waals surface area (Å²) in [6.07, 6.45) is 8.69. The maximum absolute atomic E-state index is 11.6. The predicted octanol–water partition coefficient (Wildman–Crippen LogP) is 4.69. The fraction of sp³-hybridized carbons (Fsp3) is 0.316. The van der Waals surface area contributed by atoms with Crippen molar-refractivity contribution >= 4 is 6.29 Å². The summed E-state index contributed by atoms with van der Waals surface area (Å²) >= 11 is 0. The number of hydrogen-bond acceptors (Lipinski definition) is 2. The normalized spacial score (nSPS) is 14.0. The van der Waals surface area contributed by atoms with E-state index in [-0.39, 0.29) is 5.92 Å². The SMILES string of the molecule is C=C/C=C(\C=C/C)C(c1ccccc1OC)C(C)(C)C=O. The van der Waals surface area contributed by atoms with Gasteiger partial charge in [-0.3, -0.25) is 0 Å². The molecule has 0 radical (unpaired) electrons. The van der Waals surface area contributed by atoms with Crippen LogP contribution in [0.25, 0.3) is 0 Å². The third kappa shape index (κ3) is 3.94. The number of allylic oxidation sites excluding steroid dienone is 5. The molecule has 0 N–H and O–H groups in total. The molecule has 0 saturated heterocycles. The number of aldehydes is 1. The lowest BCUT2D eigenvalue weighted by atomic mass is 9.71. The highest BCUT2D eigenvalue weighted by Gasteiger charge is 2.34. The number of ether oxygens (including phenoxy) is 1. The van der Waals surface area contributed by atoms with Gasteiger partial charge in [-0.2, -0.15) is 0 Å². The van der Waals surface area contributed by atoms with Crippen LogP contribution in [0, 0.1) is 5.41 Å². The Bertz CT molecular complexity index is 550. The average Bonchev–Trinajstić information content (AvgIpc) is 2.48. The molecule has 2 nitrogen and oxygen atoms in total. The Kier molecular flexibility index (Phi) is 6.16. The minimum Gasteiger partial charge on any atom is -0.496 e. The molecule has 1 aromatic rings. The lowest BCUT2D eigenvalue weighted by Crippen LogP contribution is -2.25. The van der Waals surface area contributed by atoms with Crippen LogP contribution in [-0.2, 0) is 4.79 Å². The third-order valence-corrected chi connectivity index (χ3v) is 3.50. The van der Waals surface area contributed by atoms with E-state index in [0.717, 1.165) is 23.2 Å². The number of carbonyl (C=O) groups excluding carboxylic acids is 1. The van der Waals surface area contributed by atoms with Crippen LogP contribution >= 0.6 is 0 Å². The van der Waals surface area contributed by atoms with Gasteiger partial charge >= 0.3 is 0 Å². The van der Waals surface area contributed by atoms with Crippen molar-refractivity contribution in [3.05, 3.63) is 66.3 Å². The Balaban J connectivity index is 3.56. The van der Waals surface area contributed by atoms with Gasteiger partial charge in [-0.05, 0) is 18.6 Å². The van der Waals surface area contributed by atoms with E-state index >= 15 is 0 Å². The van der Waals surface area contributed by atoms with Crippen LogP contribution in [0.4, 0.5) is 0 Å². The van der Waals surface area contributed by atoms with Crippen molar-refractivity contribution in [2.24, 2.45) is 5.41 Å². The van der Waals surface area contributed by atoms with Crippen LogP contribution < -0.4 is 4.74 Å². The smallest absolute Gasteiger partial charge is 0.126 e. The molecule has 1 rings (SSSR count). The molecule has 0 fully saturated rings. The quantitative estimate of drug-likeness (QED) is 0.536. The summed E-state index contributed by atoms with van der Waals surface area (Å²) in [5, 5.41) is 0. The van der Waals surface area contributed by atoms with Gasteiger partial charge in [0.15, 0.2) is 0 Å². The molecule has 0 aliphatic carbocycles. The van der Waals surface area contributed by atoms with Crippen LogP contribution in [0.3, 0.4) is 0 Å². The molecule has 0 aliphatic heterocycles. The third-order valence-electron chi connectivity index (χ3n) is 3.50. The monoisotopic (exact) mass is 284 g/mol. The zero-order valence-corrected chi connectivity index (χ0v) is 13.3. The molecule has 1 atom stereocenters. The van der Waals surface area contributed by atoms with Crippen LogP contribution in [0.15, 0.2) is 60.7 Å². The molecule has 0 heterocycles. The Morgan fingerprint density at radius 1 is 1.33 bits per heavy atom. The van der Waals surface area contributed by atoms with E-state index in [2.05, 4.69) is 6.58 Å². The van der Waals surface area contributed by atoms with E-state index in [9.17, 15) is 4.79 Å². The first-order valence-electron chi connectivity index (χ1n) is 7.06. The van der Waals surface area contributed by atoms with Gasteiger partial charge in [0.05, 0.1) is 7.11 Å². The number of para-hydroxylation sites is 1. The van der Waals surface area contributed by atoms with Crippen LogP contribution in [0.5, 0.6) is 5.75 Å². The summed E-state index contributed by atoms with van der Waals surface area (Å²) in [5.41, 5.74) is 1.49. The van der Waals surface area contributed by atoms with Crippen molar-refractivity contribution in [2.45, 2.75) is 26.7 Å². The maximum atomic E-state index is 11.6. The molecular weight excluding hydrogens is 260 g/mol. The molecule has 21 heavy (non-hydrogen) atoms. The first-order valence-corrected chi connectivity index (χ1v) is 7.06. The molecule has 0 aromatic heterocycles. The lowest BCUT2D eigenvalue weighted by molar-refractivity contribution is -0.115. The first kappa shape index (κ1) is 17.0. The van der Waals surface area contributed by atoms with Crippen LogP contribution in [0.1, 0.15) is 32.3 Å². The zero-order valence-electron chi connectivity index (χ0n) is 13.3. The van der Waals surface area contributed by atoms with Crippen molar-refractivity contribution in [3.63, 3.8) is 0 Å². The van der Waals surface area contributed by atoms with Crippen LogP contribution in [-0.4, -0.2) is 13.4 Å². The Labute approximate surface area is 127 Å². The topological polar surface area (TPSA) is 26.3 Å². The molecule has 0 bridgehead atoms. The largest absolute Gasteiger partial charge is 0.496 e. The van der Waals surface area contributed by atoms with Crippen molar-refractivity contribution in [1.29, 1.82) is 0 Å². The average molecular weight is 284 g/mol. The molecule has 0 amide bonds. The van der Waals surface area contributed by atoms with Crippen molar-refractivity contribution in [3.8, 4) is 5.75 Å². The van der Waals surface area contributed by atoms with E-state index < -0.39 is 5.41 Å². The zero-order chi connectivity index (χ0) is 15.9. The summed E-state index contributed by atoms with van der Waals surface area (Å²) in [6, 6.07) is 7.83. The number of methoxy groups -OCH3 is 1. The summed E-state index contributed by atoms with van der Waals surface area (Å²) < 4.78 is 5.48. The molecule has 0 saturated carbocycles. The summed E-state index contributed by atoms with van der Waals surface area (Å²) in [6.45, 7) is 9.63. The minimum absolute atomic E-state index is 0.0969. The Hall–Kier alpha value is -2.09. The minimum atomic E-state index is -0.553. The van der Waals surface area contributed by atoms with Crippen molar-refractivity contribution < 1.29 is 9.53 Å². The van der Waals surface area contributed by atoms with Crippen molar-refractivity contribution in [1.82, 2.24) is 0 Å². The standard InChI is InChI=1S/C19H24O2/c1-6-10-15(11-7-2)18(19(3,4)14-20)16-12-8-9-13-17(16)21-5/h6-14,18H,1H2,2-5H3/b11-7-,15-10+. The van der Waals surface area contributed by atoms with E-state index in [1.54, 1.807) is 13.2 Å². The fourth-order valence-electron chi connectivity index (χ4n) is 2.56. The summed E-state index contributed by atoms with van der Waals surface area (Å²) in [4.78, 5) is 11.6. The molecule has 1 aromatic carbocycles. The second kappa shape index (κ2) is 7.63. The molecule has 112 valence electrons. The van der Waals surface area contributed by atoms with E-state index in [4.69, 9.17) is 4.74 Å². The molecule has 0 aliphatic rings. The van der Waals surface area contributed by atoms with Gasteiger partial charge < -0.3 is 9.53 Å². The highest BCUT2D eigenvalue weighted by molar-refractivity contribution is 5.64. The first-order chi connectivity index (χ1) is 10.0. The summed E-state index contributed by atoms with van der Waals surface area (Å²) in [5.74, 6) is 0.692. The van der Waals surface area contributed by atoms with Gasteiger partial charge in [0, 0.05) is 16.9 Å². The van der Waals surface area contributed by atoms with Gasteiger partial charge in [-0.1, -0.05) is 62.9 Å². The lowest BCUT2D eigenvalue weighted by Gasteiger charge is -2.32. The number of benzene rings is 1. The van der Waals surface area contributed by atoms with Gasteiger partial charge in [0.1, 0.15) is 12.0 Å². The summed E-state index contributed by atoms with van der Waals surface area (Å²) in [7, 11) is 1.65. The maximum Gasteiger partial charge on any atom is 0.126 e. The molecule has 1 unspecified atom stereocenters. The van der Waals surface area contributed by atoms with Gasteiger partial charge in [-0.15, -0.1) is 0 Å². The number of rotatable bonds is 7. The van der Waals surface area contributed by atoms with Crippen molar-refractivity contribution in [2.75, 3.05) is 7.11 Å². The van der Waals surface area contributed by atoms with E-state index in [0.29, 0.717) is 0 Å². The Morgan fingerprint density at radius 3 is 2.52 bits per heavy atom. The predicted molar refractivity (Wildman–Crippen MR) is 88.7 cm³/mol. The van der Waals surface area contributed by atoms with E-state index in [1.165, 1.54) is 0 Å². The second-order valence-electron chi connectivity index (χ2n) is 5.52. The molecule has 0 spiro atoms. The highest BCUT2D eigenvalue weighted by Crippen LogP contribution is 2.43. The van der Waals surface area contributed by atoms with Gasteiger partial charge in [0.25, 0.3) is 0 Å². The fourth-order valence-corrected chi connectivity index (χ4v) is 2.56. The Morgan fingerprint density at radius 2 is 2.00 bits per heavy atom. The molecular formula is C19H24O2. The van der Waals surface area contributed by atoms with Gasteiger partial charge in [0.2, 0.25) is 0 Å². The number of hydrogen-bond donors (Lipinski definition) is 0. The van der Waals surface area contributed by atoms with E-state index in [1.807, 2.05) is 63.3 Å². The highest BCUT2D eigenvalue weighted by atomic mass is 16.5. The van der Waals surface area contributed by atoms with Gasteiger partial charge in [-0.25, -0.2) is 0 Å². The second-order valence-corrected chi connectivity index (χ2v) is 5.52. The van der Waals surface area contributed by atoms with Crippen LogP contribution in [0.2, 0.25) is 0 Å². The number of carbonyl (C=O) groups is 1.